The van der Waals surface area contributed by atoms with E-state index in [2.05, 4.69) is 52.1 Å². The number of hydrogen-bond donors (Lipinski definition) is 0. The molecule has 0 aromatic heterocycles. The molecule has 0 saturated carbocycles. The zero-order valence-corrected chi connectivity index (χ0v) is 12.4. The monoisotopic (exact) mass is 276 g/mol. The van der Waals surface area contributed by atoms with Crippen LogP contribution in [0.2, 0.25) is 0 Å². The lowest BCUT2D eigenvalue weighted by Gasteiger charge is -2.41. The molecular formula is C16H24N2S. The van der Waals surface area contributed by atoms with Gasteiger partial charge in [0, 0.05) is 36.3 Å². The molecule has 2 aliphatic heterocycles. The number of hydrazine groups is 1. The number of hydrogen-bond acceptors (Lipinski definition) is 3. The van der Waals surface area contributed by atoms with E-state index in [0.717, 1.165) is 5.25 Å². The molecule has 2 fully saturated rings. The van der Waals surface area contributed by atoms with E-state index >= 15 is 0 Å². The largest absolute Gasteiger partial charge is 0.242 e. The molecule has 0 amide bonds. The lowest BCUT2D eigenvalue weighted by Crippen LogP contribution is -2.49. The summed E-state index contributed by atoms with van der Waals surface area (Å²) < 4.78 is 0. The van der Waals surface area contributed by atoms with Crippen LogP contribution in [0.4, 0.5) is 0 Å². The van der Waals surface area contributed by atoms with E-state index in [1.54, 1.807) is 0 Å². The van der Waals surface area contributed by atoms with E-state index in [1.165, 1.54) is 63.2 Å². The topological polar surface area (TPSA) is 6.48 Å². The van der Waals surface area contributed by atoms with Gasteiger partial charge in [-0.3, -0.25) is 0 Å². The SMILES string of the molecule is c1ccc(SC2CCN(N3CCCCC3)CC2)cc1. The summed E-state index contributed by atoms with van der Waals surface area (Å²) in [6, 6.07) is 10.9. The van der Waals surface area contributed by atoms with Gasteiger partial charge in [0.2, 0.25) is 0 Å². The van der Waals surface area contributed by atoms with Crippen molar-refractivity contribution < 1.29 is 0 Å². The molecule has 2 heterocycles. The molecule has 0 spiro atoms. The van der Waals surface area contributed by atoms with Gasteiger partial charge in [-0.05, 0) is 37.8 Å². The zero-order chi connectivity index (χ0) is 12.9. The van der Waals surface area contributed by atoms with Crippen LogP contribution in [0.15, 0.2) is 35.2 Å². The predicted molar refractivity (Wildman–Crippen MR) is 82.3 cm³/mol. The fourth-order valence-electron chi connectivity index (χ4n) is 3.09. The molecule has 0 unspecified atom stereocenters. The summed E-state index contributed by atoms with van der Waals surface area (Å²) in [5.74, 6) is 0. The molecule has 0 aliphatic carbocycles. The minimum absolute atomic E-state index is 0.809. The number of nitrogens with zero attached hydrogens (tertiary/aromatic N) is 2. The first-order chi connectivity index (χ1) is 9.42. The van der Waals surface area contributed by atoms with Crippen molar-refractivity contribution in [2.24, 2.45) is 0 Å². The summed E-state index contributed by atoms with van der Waals surface area (Å²) in [5.41, 5.74) is 0. The molecule has 3 rings (SSSR count). The molecule has 3 heteroatoms. The number of benzene rings is 1. The first kappa shape index (κ1) is 13.5. The first-order valence-corrected chi connectivity index (χ1v) is 8.51. The summed E-state index contributed by atoms with van der Waals surface area (Å²) >= 11 is 2.07. The van der Waals surface area contributed by atoms with Crippen LogP contribution in [0.25, 0.3) is 0 Å². The molecule has 2 saturated heterocycles. The second-order valence-electron chi connectivity index (χ2n) is 5.60. The van der Waals surface area contributed by atoms with Crippen LogP contribution in [0.3, 0.4) is 0 Å². The molecule has 0 bridgehead atoms. The second kappa shape index (κ2) is 6.78. The Labute approximate surface area is 121 Å². The van der Waals surface area contributed by atoms with Gasteiger partial charge in [0.15, 0.2) is 0 Å². The van der Waals surface area contributed by atoms with Crippen molar-refractivity contribution in [1.82, 2.24) is 10.0 Å². The maximum Gasteiger partial charge on any atom is 0.0144 e. The summed E-state index contributed by atoms with van der Waals surface area (Å²) in [6.45, 7) is 5.09. The Hall–Kier alpha value is -0.510. The first-order valence-electron chi connectivity index (χ1n) is 7.63. The summed E-state index contributed by atoms with van der Waals surface area (Å²) in [5, 5.41) is 6.03. The predicted octanol–water partition coefficient (Wildman–Crippen LogP) is 3.64. The van der Waals surface area contributed by atoms with Crippen LogP contribution < -0.4 is 0 Å². The van der Waals surface area contributed by atoms with Crippen molar-refractivity contribution >= 4 is 11.8 Å². The lowest BCUT2D eigenvalue weighted by atomic mass is 10.1. The Kier molecular flexibility index (Phi) is 4.81. The highest BCUT2D eigenvalue weighted by Crippen LogP contribution is 2.30. The van der Waals surface area contributed by atoms with Crippen LogP contribution >= 0.6 is 11.8 Å². The van der Waals surface area contributed by atoms with E-state index in [-0.39, 0.29) is 0 Å². The van der Waals surface area contributed by atoms with Gasteiger partial charge in [0.05, 0.1) is 0 Å². The van der Waals surface area contributed by atoms with Crippen molar-refractivity contribution in [2.75, 3.05) is 26.2 Å². The van der Waals surface area contributed by atoms with Gasteiger partial charge in [-0.25, -0.2) is 10.0 Å². The summed E-state index contributed by atoms with van der Waals surface area (Å²) in [4.78, 5) is 1.43. The summed E-state index contributed by atoms with van der Waals surface area (Å²) in [6.07, 6.45) is 6.86. The highest BCUT2D eigenvalue weighted by molar-refractivity contribution is 8.00. The van der Waals surface area contributed by atoms with E-state index in [0.29, 0.717) is 0 Å². The smallest absolute Gasteiger partial charge is 0.0144 e. The van der Waals surface area contributed by atoms with E-state index < -0.39 is 0 Å². The molecule has 1 aromatic carbocycles. The number of rotatable bonds is 3. The van der Waals surface area contributed by atoms with Crippen molar-refractivity contribution in [1.29, 1.82) is 0 Å². The number of piperidine rings is 2. The summed E-state index contributed by atoms with van der Waals surface area (Å²) in [7, 11) is 0. The molecule has 1 aromatic rings. The van der Waals surface area contributed by atoms with Crippen molar-refractivity contribution in [3.63, 3.8) is 0 Å². The lowest BCUT2D eigenvalue weighted by molar-refractivity contribution is -0.0508. The Morgan fingerprint density at radius 1 is 0.789 bits per heavy atom. The Bertz CT molecular complexity index is 368. The Balaban J connectivity index is 1.46. The highest BCUT2D eigenvalue weighted by atomic mass is 32.2. The van der Waals surface area contributed by atoms with Gasteiger partial charge in [0.1, 0.15) is 0 Å². The van der Waals surface area contributed by atoms with E-state index in [4.69, 9.17) is 0 Å². The van der Waals surface area contributed by atoms with E-state index in [1.807, 2.05) is 0 Å². The van der Waals surface area contributed by atoms with Gasteiger partial charge < -0.3 is 0 Å². The second-order valence-corrected chi connectivity index (χ2v) is 6.97. The zero-order valence-electron chi connectivity index (χ0n) is 11.6. The van der Waals surface area contributed by atoms with Gasteiger partial charge >= 0.3 is 0 Å². The van der Waals surface area contributed by atoms with Crippen LogP contribution in [0.1, 0.15) is 32.1 Å². The minimum Gasteiger partial charge on any atom is -0.242 e. The van der Waals surface area contributed by atoms with Gasteiger partial charge in [-0.15, -0.1) is 11.8 Å². The quantitative estimate of drug-likeness (QED) is 0.832. The molecule has 0 radical (unpaired) electrons. The van der Waals surface area contributed by atoms with Crippen molar-refractivity contribution in [3.05, 3.63) is 30.3 Å². The maximum absolute atomic E-state index is 2.61. The molecule has 2 aliphatic rings. The molecule has 0 atom stereocenters. The third-order valence-electron chi connectivity index (χ3n) is 4.20. The minimum atomic E-state index is 0.809. The van der Waals surface area contributed by atoms with Gasteiger partial charge in [0.25, 0.3) is 0 Å². The fourth-order valence-corrected chi connectivity index (χ4v) is 4.24. The normalized spacial score (nSPS) is 23.6. The Morgan fingerprint density at radius 2 is 1.42 bits per heavy atom. The van der Waals surface area contributed by atoms with E-state index in [9.17, 15) is 0 Å². The van der Waals surface area contributed by atoms with Crippen LogP contribution in [0.5, 0.6) is 0 Å². The van der Waals surface area contributed by atoms with Crippen LogP contribution in [-0.4, -0.2) is 41.4 Å². The molecule has 19 heavy (non-hydrogen) atoms. The molecule has 0 N–H and O–H groups in total. The van der Waals surface area contributed by atoms with Crippen LogP contribution in [0, 0.1) is 0 Å². The van der Waals surface area contributed by atoms with Crippen molar-refractivity contribution in [2.45, 2.75) is 42.2 Å². The molecule has 104 valence electrons. The highest BCUT2D eigenvalue weighted by Gasteiger charge is 2.24. The third-order valence-corrected chi connectivity index (χ3v) is 5.55. The molecule has 2 nitrogen and oxygen atoms in total. The van der Waals surface area contributed by atoms with Gasteiger partial charge in [-0.2, -0.15) is 0 Å². The fraction of sp³-hybridized carbons (Fsp3) is 0.625. The maximum atomic E-state index is 2.61. The van der Waals surface area contributed by atoms with Crippen LogP contribution in [-0.2, 0) is 0 Å². The Morgan fingerprint density at radius 3 is 2.11 bits per heavy atom. The standard InChI is InChI=1S/C16H24N2S/c1-3-7-15(8-4-1)19-16-9-13-18(14-10-16)17-11-5-2-6-12-17/h1,3-4,7-8,16H,2,5-6,9-14H2. The van der Waals surface area contributed by atoms with Crippen molar-refractivity contribution in [3.8, 4) is 0 Å². The van der Waals surface area contributed by atoms with Gasteiger partial charge in [-0.1, -0.05) is 24.6 Å². The third kappa shape index (κ3) is 3.74. The number of thioether (sulfide) groups is 1. The average Bonchev–Trinajstić information content (AvgIpc) is 2.50. The molecular weight excluding hydrogens is 252 g/mol. The average molecular weight is 276 g/mol.